The van der Waals surface area contributed by atoms with E-state index in [4.69, 9.17) is 14.6 Å². The molecule has 0 aliphatic carbocycles. The molecule has 0 radical (unpaired) electrons. The zero-order valence-corrected chi connectivity index (χ0v) is 15.1. The van der Waals surface area contributed by atoms with Gasteiger partial charge < -0.3 is 24.8 Å². The molecule has 1 fully saturated rings. The molecular formula is C19H36O5. The lowest BCUT2D eigenvalue weighted by molar-refractivity contribution is -0.208. The predicted molar refractivity (Wildman–Crippen MR) is 94.9 cm³/mol. The van der Waals surface area contributed by atoms with E-state index in [2.05, 4.69) is 19.1 Å². The molecule has 4 atom stereocenters. The van der Waals surface area contributed by atoms with Crippen LogP contribution in [0.5, 0.6) is 0 Å². The zero-order valence-electron chi connectivity index (χ0n) is 15.1. The van der Waals surface area contributed by atoms with Gasteiger partial charge in [-0.25, -0.2) is 0 Å². The van der Waals surface area contributed by atoms with Gasteiger partial charge in [0.15, 0.2) is 0 Å². The number of ether oxygens (including phenoxy) is 2. The first-order valence-electron chi connectivity index (χ1n) is 9.55. The molecule has 1 heterocycles. The van der Waals surface area contributed by atoms with Crippen LogP contribution in [0.1, 0.15) is 64.7 Å². The van der Waals surface area contributed by atoms with Gasteiger partial charge in [0.25, 0.3) is 0 Å². The van der Waals surface area contributed by atoms with E-state index in [1.54, 1.807) is 0 Å². The number of rotatable bonds is 13. The van der Waals surface area contributed by atoms with E-state index >= 15 is 0 Å². The molecule has 1 saturated heterocycles. The number of hydrogen-bond acceptors (Lipinski definition) is 5. The highest BCUT2D eigenvalue weighted by Gasteiger charge is 2.38. The van der Waals surface area contributed by atoms with Crippen LogP contribution < -0.4 is 0 Å². The average Bonchev–Trinajstić information content (AvgIpc) is 2.59. The molecule has 0 spiro atoms. The molecule has 0 bridgehead atoms. The largest absolute Gasteiger partial charge is 0.394 e. The van der Waals surface area contributed by atoms with Crippen LogP contribution in [0.25, 0.3) is 0 Å². The Bertz CT molecular complexity index is 321. The van der Waals surface area contributed by atoms with Crippen LogP contribution in [-0.2, 0) is 9.47 Å². The summed E-state index contributed by atoms with van der Waals surface area (Å²) >= 11 is 0. The van der Waals surface area contributed by atoms with Crippen molar-refractivity contribution in [2.24, 2.45) is 0 Å². The van der Waals surface area contributed by atoms with Crippen LogP contribution in [0.15, 0.2) is 12.2 Å². The molecule has 0 aromatic heterocycles. The van der Waals surface area contributed by atoms with Gasteiger partial charge in [-0.05, 0) is 32.1 Å². The fraction of sp³-hybridized carbons (Fsp3) is 0.895. The predicted octanol–water partition coefficient (Wildman–Crippen LogP) is 2.57. The summed E-state index contributed by atoms with van der Waals surface area (Å²) in [5.41, 5.74) is 0. The number of allylic oxidation sites excluding steroid dienone is 2. The van der Waals surface area contributed by atoms with E-state index < -0.39 is 24.4 Å². The number of aliphatic hydroxyl groups excluding tert-OH is 3. The third-order valence-corrected chi connectivity index (χ3v) is 4.50. The standard InChI is InChI=1S/C19H36O5/c1-2-3-4-5-6-7-8-9-10-11-12-13-23-17-15-24-16(14-20)18(21)19(17)22/h8-9,16-22H,2-7,10-15H2,1H3/b9-8+/t16-,17+,18-,19-/m0/s1. The molecule has 0 aromatic carbocycles. The number of hydrogen-bond donors (Lipinski definition) is 3. The number of unbranched alkanes of at least 4 members (excludes halogenated alkanes) is 7. The summed E-state index contributed by atoms with van der Waals surface area (Å²) in [6.07, 6.45) is 12.0. The molecule has 3 N–H and O–H groups in total. The van der Waals surface area contributed by atoms with Gasteiger partial charge in [-0.1, -0.05) is 44.8 Å². The molecule has 0 amide bonds. The van der Waals surface area contributed by atoms with E-state index in [1.165, 1.54) is 38.5 Å². The molecule has 5 heteroatoms. The molecule has 1 aliphatic heterocycles. The lowest BCUT2D eigenvalue weighted by atomic mass is 10.0. The second-order valence-electron chi connectivity index (χ2n) is 6.61. The minimum atomic E-state index is -1.09. The van der Waals surface area contributed by atoms with Crippen molar-refractivity contribution in [1.82, 2.24) is 0 Å². The third kappa shape index (κ3) is 8.58. The van der Waals surface area contributed by atoms with E-state index in [0.717, 1.165) is 19.3 Å². The summed E-state index contributed by atoms with van der Waals surface area (Å²) in [4.78, 5) is 0. The highest BCUT2D eigenvalue weighted by atomic mass is 16.6. The molecule has 1 aliphatic rings. The summed E-state index contributed by atoms with van der Waals surface area (Å²) < 4.78 is 10.9. The van der Waals surface area contributed by atoms with Crippen molar-refractivity contribution >= 4 is 0 Å². The summed E-state index contributed by atoms with van der Waals surface area (Å²) in [5, 5.41) is 28.7. The van der Waals surface area contributed by atoms with Crippen LogP contribution in [0.4, 0.5) is 0 Å². The highest BCUT2D eigenvalue weighted by Crippen LogP contribution is 2.18. The first-order chi connectivity index (χ1) is 11.7. The Hall–Kier alpha value is -0.460. The van der Waals surface area contributed by atoms with Gasteiger partial charge in [0.1, 0.15) is 24.4 Å². The van der Waals surface area contributed by atoms with Gasteiger partial charge in [0.05, 0.1) is 13.2 Å². The van der Waals surface area contributed by atoms with Crippen LogP contribution in [-0.4, -0.2) is 59.6 Å². The monoisotopic (exact) mass is 344 g/mol. The second-order valence-corrected chi connectivity index (χ2v) is 6.61. The first-order valence-corrected chi connectivity index (χ1v) is 9.55. The molecular weight excluding hydrogens is 308 g/mol. The minimum Gasteiger partial charge on any atom is -0.394 e. The molecule has 0 unspecified atom stereocenters. The Morgan fingerprint density at radius 2 is 1.62 bits per heavy atom. The van der Waals surface area contributed by atoms with Crippen molar-refractivity contribution in [2.75, 3.05) is 19.8 Å². The highest BCUT2D eigenvalue weighted by molar-refractivity contribution is 4.87. The summed E-state index contributed by atoms with van der Waals surface area (Å²) in [5.74, 6) is 0. The Morgan fingerprint density at radius 1 is 0.958 bits per heavy atom. The van der Waals surface area contributed by atoms with Gasteiger partial charge in [0, 0.05) is 6.61 Å². The lowest BCUT2D eigenvalue weighted by Crippen LogP contribution is -2.55. The van der Waals surface area contributed by atoms with Gasteiger partial charge in [-0.3, -0.25) is 0 Å². The normalized spacial score (nSPS) is 27.8. The SMILES string of the molecule is CCCCCCC/C=C/CCCCO[C@@H]1CO[C@@H](CO)[C@H](O)[C@H]1O. The van der Waals surface area contributed by atoms with Crippen molar-refractivity contribution in [2.45, 2.75) is 89.1 Å². The molecule has 24 heavy (non-hydrogen) atoms. The van der Waals surface area contributed by atoms with Crippen LogP contribution in [0.3, 0.4) is 0 Å². The Morgan fingerprint density at radius 3 is 2.29 bits per heavy atom. The second kappa shape index (κ2) is 13.8. The first kappa shape index (κ1) is 21.6. The average molecular weight is 344 g/mol. The maximum atomic E-state index is 9.94. The Balaban J connectivity index is 1.97. The smallest absolute Gasteiger partial charge is 0.111 e. The maximum absolute atomic E-state index is 9.94. The van der Waals surface area contributed by atoms with Crippen molar-refractivity contribution < 1.29 is 24.8 Å². The molecule has 142 valence electrons. The maximum Gasteiger partial charge on any atom is 0.111 e. The fourth-order valence-electron chi connectivity index (χ4n) is 2.86. The summed E-state index contributed by atoms with van der Waals surface area (Å²) in [6.45, 7) is 2.70. The van der Waals surface area contributed by atoms with Crippen LogP contribution >= 0.6 is 0 Å². The summed E-state index contributed by atoms with van der Waals surface area (Å²) in [7, 11) is 0. The van der Waals surface area contributed by atoms with Crippen LogP contribution in [0, 0.1) is 0 Å². The van der Waals surface area contributed by atoms with Crippen LogP contribution in [0.2, 0.25) is 0 Å². The zero-order chi connectivity index (χ0) is 17.6. The Kier molecular flexibility index (Phi) is 12.4. The van der Waals surface area contributed by atoms with E-state index in [9.17, 15) is 10.2 Å². The van der Waals surface area contributed by atoms with Crippen molar-refractivity contribution in [3.05, 3.63) is 12.2 Å². The lowest BCUT2D eigenvalue weighted by Gasteiger charge is -2.36. The molecule has 0 saturated carbocycles. The van der Waals surface area contributed by atoms with Gasteiger partial charge in [-0.15, -0.1) is 0 Å². The quantitative estimate of drug-likeness (QED) is 0.353. The third-order valence-electron chi connectivity index (χ3n) is 4.50. The van der Waals surface area contributed by atoms with E-state index in [1.807, 2.05) is 0 Å². The molecule has 0 aromatic rings. The van der Waals surface area contributed by atoms with Gasteiger partial charge in [0.2, 0.25) is 0 Å². The van der Waals surface area contributed by atoms with E-state index in [0.29, 0.717) is 6.61 Å². The molecule has 5 nitrogen and oxygen atoms in total. The van der Waals surface area contributed by atoms with Crippen molar-refractivity contribution in [3.8, 4) is 0 Å². The van der Waals surface area contributed by atoms with Gasteiger partial charge >= 0.3 is 0 Å². The minimum absolute atomic E-state index is 0.210. The van der Waals surface area contributed by atoms with Gasteiger partial charge in [-0.2, -0.15) is 0 Å². The summed E-state index contributed by atoms with van der Waals surface area (Å²) in [6, 6.07) is 0. The topological polar surface area (TPSA) is 79.2 Å². The molecule has 1 rings (SSSR count). The van der Waals surface area contributed by atoms with Crippen molar-refractivity contribution in [1.29, 1.82) is 0 Å². The number of aliphatic hydroxyl groups is 3. The van der Waals surface area contributed by atoms with E-state index in [-0.39, 0.29) is 13.2 Å². The fourth-order valence-corrected chi connectivity index (χ4v) is 2.86. The Labute approximate surface area is 146 Å². The van der Waals surface area contributed by atoms with Crippen molar-refractivity contribution in [3.63, 3.8) is 0 Å².